The van der Waals surface area contributed by atoms with Crippen LogP contribution < -0.4 is 5.32 Å². The molecule has 0 radical (unpaired) electrons. The molecule has 2 amide bonds. The van der Waals surface area contributed by atoms with E-state index in [2.05, 4.69) is 5.32 Å². The predicted molar refractivity (Wildman–Crippen MR) is 125 cm³/mol. The van der Waals surface area contributed by atoms with Gasteiger partial charge in [0.05, 0.1) is 33.0 Å². The summed E-state index contributed by atoms with van der Waals surface area (Å²) in [5, 5.41) is 22.1. The summed E-state index contributed by atoms with van der Waals surface area (Å²) in [4.78, 5) is 24.9. The summed E-state index contributed by atoms with van der Waals surface area (Å²) >= 11 is 0. The second-order valence-corrected chi connectivity index (χ2v) is 7.71. The van der Waals surface area contributed by atoms with Crippen LogP contribution >= 0.6 is 0 Å². The third-order valence-corrected chi connectivity index (χ3v) is 4.86. The lowest BCUT2D eigenvalue weighted by Gasteiger charge is -2.22. The van der Waals surface area contributed by atoms with Gasteiger partial charge in [-0.05, 0) is 37.0 Å². The molecule has 0 aliphatic carbocycles. The zero-order valence-electron chi connectivity index (χ0n) is 20.0. The van der Waals surface area contributed by atoms with Gasteiger partial charge in [0.25, 0.3) is 0 Å². The number of aliphatic hydroxyl groups is 1. The van der Waals surface area contributed by atoms with Crippen LogP contribution in [0.25, 0.3) is 0 Å². The third-order valence-electron chi connectivity index (χ3n) is 4.86. The number of ether oxygens (including phenoxy) is 3. The topological polar surface area (TPSA) is 118 Å². The fraction of sp³-hybridized carbons (Fsp3) is 0.667. The van der Waals surface area contributed by atoms with E-state index in [0.29, 0.717) is 76.7 Å². The minimum Gasteiger partial charge on any atom is -0.508 e. The highest BCUT2D eigenvalue weighted by Gasteiger charge is 2.12. The maximum atomic E-state index is 11.9. The van der Waals surface area contributed by atoms with Crippen LogP contribution in [0.4, 0.5) is 0 Å². The molecule has 3 N–H and O–H groups in total. The number of nitrogens with one attached hydrogen (secondary N) is 1. The van der Waals surface area contributed by atoms with Crippen LogP contribution in [0.15, 0.2) is 18.2 Å². The van der Waals surface area contributed by atoms with E-state index in [0.717, 1.165) is 12.8 Å². The zero-order valence-corrected chi connectivity index (χ0v) is 20.0. The molecule has 1 aromatic rings. The number of nitrogens with zero attached hydrogens (tertiary/aromatic N) is 1. The lowest BCUT2D eigenvalue weighted by molar-refractivity contribution is -0.129. The molecule has 9 nitrogen and oxygen atoms in total. The standard InChI is InChI=1S/C24H40N2O7/c1-3-6-24(30)25-9-4-11-31-13-15-33-16-14-32-12-5-10-26(20(2)28)18-22-17-21(19-27)7-8-23(22)29/h7-8,17,27,29H,3-6,9-16,18-19H2,1-2H3,(H,25,30). The van der Waals surface area contributed by atoms with E-state index in [4.69, 9.17) is 14.2 Å². The number of aromatic hydroxyl groups is 1. The van der Waals surface area contributed by atoms with Crippen LogP contribution in [0.5, 0.6) is 5.75 Å². The molecule has 1 rings (SSSR count). The molecular formula is C24H40N2O7. The highest BCUT2D eigenvalue weighted by atomic mass is 16.5. The number of benzene rings is 1. The molecule has 0 atom stereocenters. The summed E-state index contributed by atoms with van der Waals surface area (Å²) in [6.07, 6.45) is 2.86. The highest BCUT2D eigenvalue weighted by Crippen LogP contribution is 2.20. The van der Waals surface area contributed by atoms with E-state index in [-0.39, 0.29) is 30.7 Å². The summed E-state index contributed by atoms with van der Waals surface area (Å²) < 4.78 is 16.5. The second kappa shape index (κ2) is 18.3. The Kier molecular flexibility index (Phi) is 15.9. The minimum atomic E-state index is -0.117. The fourth-order valence-electron chi connectivity index (χ4n) is 3.03. The first-order chi connectivity index (χ1) is 16.0. The Hall–Kier alpha value is -2.20. The Bertz CT molecular complexity index is 685. The molecule has 0 spiro atoms. The Labute approximate surface area is 197 Å². The molecular weight excluding hydrogens is 428 g/mol. The quantitative estimate of drug-likeness (QED) is 0.266. The highest BCUT2D eigenvalue weighted by molar-refractivity contribution is 5.75. The van der Waals surface area contributed by atoms with Gasteiger partial charge in [-0.25, -0.2) is 0 Å². The number of hydrogen-bond acceptors (Lipinski definition) is 7. The van der Waals surface area contributed by atoms with Crippen LogP contribution in [-0.2, 0) is 37.0 Å². The molecule has 0 fully saturated rings. The maximum Gasteiger partial charge on any atom is 0.219 e. The third kappa shape index (κ3) is 13.8. The molecule has 0 saturated heterocycles. The average Bonchev–Trinajstić information content (AvgIpc) is 2.79. The smallest absolute Gasteiger partial charge is 0.219 e. The Morgan fingerprint density at radius 2 is 1.64 bits per heavy atom. The molecule has 0 aromatic heterocycles. The number of aliphatic hydroxyl groups excluding tert-OH is 1. The lowest BCUT2D eigenvalue weighted by Crippen LogP contribution is -2.30. The van der Waals surface area contributed by atoms with Gasteiger partial charge < -0.3 is 34.6 Å². The van der Waals surface area contributed by atoms with E-state index >= 15 is 0 Å². The van der Waals surface area contributed by atoms with Crippen LogP contribution in [0, 0.1) is 0 Å². The molecule has 1 aromatic carbocycles. The molecule has 0 bridgehead atoms. The minimum absolute atomic E-state index is 0.0852. The molecule has 33 heavy (non-hydrogen) atoms. The van der Waals surface area contributed by atoms with Gasteiger partial charge in [0.1, 0.15) is 5.75 Å². The number of carbonyl (C=O) groups excluding carboxylic acids is 2. The van der Waals surface area contributed by atoms with Crippen molar-refractivity contribution in [2.24, 2.45) is 0 Å². The van der Waals surface area contributed by atoms with Crippen LogP contribution in [-0.4, -0.2) is 79.7 Å². The number of rotatable bonds is 19. The molecule has 0 heterocycles. The first-order valence-corrected chi connectivity index (χ1v) is 11.6. The summed E-state index contributed by atoms with van der Waals surface area (Å²) in [6.45, 7) is 7.76. The van der Waals surface area contributed by atoms with Crippen molar-refractivity contribution in [3.63, 3.8) is 0 Å². The first-order valence-electron chi connectivity index (χ1n) is 11.6. The van der Waals surface area contributed by atoms with E-state index in [1.807, 2.05) is 6.92 Å². The average molecular weight is 469 g/mol. The number of phenols is 1. The molecule has 0 saturated carbocycles. The van der Waals surface area contributed by atoms with Crippen molar-refractivity contribution in [3.05, 3.63) is 29.3 Å². The van der Waals surface area contributed by atoms with Gasteiger partial charge in [-0.15, -0.1) is 0 Å². The summed E-state index contributed by atoms with van der Waals surface area (Å²) in [5.74, 6) is 0.104. The van der Waals surface area contributed by atoms with Gasteiger partial charge in [0, 0.05) is 51.8 Å². The zero-order chi connectivity index (χ0) is 24.3. The van der Waals surface area contributed by atoms with Crippen LogP contribution in [0.2, 0.25) is 0 Å². The molecule has 0 aliphatic rings. The Morgan fingerprint density at radius 1 is 1.00 bits per heavy atom. The lowest BCUT2D eigenvalue weighted by atomic mass is 10.1. The predicted octanol–water partition coefficient (Wildman–Crippen LogP) is 1.98. The number of phenolic OH excluding ortho intramolecular Hbond substituents is 1. The maximum absolute atomic E-state index is 11.9. The van der Waals surface area contributed by atoms with Gasteiger partial charge in [-0.2, -0.15) is 0 Å². The van der Waals surface area contributed by atoms with Crippen molar-refractivity contribution in [1.82, 2.24) is 10.2 Å². The van der Waals surface area contributed by atoms with Crippen molar-refractivity contribution in [2.75, 3.05) is 52.7 Å². The normalized spacial score (nSPS) is 10.9. The van der Waals surface area contributed by atoms with Gasteiger partial charge in [0.15, 0.2) is 0 Å². The Morgan fingerprint density at radius 3 is 2.24 bits per heavy atom. The molecule has 0 unspecified atom stereocenters. The molecule has 188 valence electrons. The number of amides is 2. The van der Waals surface area contributed by atoms with Crippen LogP contribution in [0.3, 0.4) is 0 Å². The van der Waals surface area contributed by atoms with Gasteiger partial charge in [0.2, 0.25) is 11.8 Å². The second-order valence-electron chi connectivity index (χ2n) is 7.71. The SMILES string of the molecule is CCCC(=O)NCCCOCCOCCOCCCN(Cc1cc(CO)ccc1O)C(C)=O. The van der Waals surface area contributed by atoms with Crippen molar-refractivity contribution in [1.29, 1.82) is 0 Å². The largest absolute Gasteiger partial charge is 0.508 e. The Balaban J connectivity index is 2.03. The van der Waals surface area contributed by atoms with Crippen molar-refractivity contribution >= 4 is 11.8 Å². The van der Waals surface area contributed by atoms with E-state index < -0.39 is 0 Å². The first kappa shape index (κ1) is 28.8. The van der Waals surface area contributed by atoms with E-state index in [9.17, 15) is 19.8 Å². The van der Waals surface area contributed by atoms with Gasteiger partial charge in [-0.3, -0.25) is 9.59 Å². The van der Waals surface area contributed by atoms with Gasteiger partial charge in [-0.1, -0.05) is 13.0 Å². The summed E-state index contributed by atoms with van der Waals surface area (Å²) in [7, 11) is 0. The van der Waals surface area contributed by atoms with Gasteiger partial charge >= 0.3 is 0 Å². The number of hydrogen-bond donors (Lipinski definition) is 3. The fourth-order valence-corrected chi connectivity index (χ4v) is 3.03. The summed E-state index contributed by atoms with van der Waals surface area (Å²) in [6, 6.07) is 4.88. The molecule has 9 heteroatoms. The van der Waals surface area contributed by atoms with E-state index in [1.165, 1.54) is 13.0 Å². The van der Waals surface area contributed by atoms with Crippen LogP contribution in [0.1, 0.15) is 50.7 Å². The monoisotopic (exact) mass is 468 g/mol. The van der Waals surface area contributed by atoms with Crippen molar-refractivity contribution < 1.29 is 34.0 Å². The van der Waals surface area contributed by atoms with E-state index in [1.54, 1.807) is 17.0 Å². The summed E-state index contributed by atoms with van der Waals surface area (Å²) in [5.41, 5.74) is 1.30. The van der Waals surface area contributed by atoms with Crippen molar-refractivity contribution in [3.8, 4) is 5.75 Å². The number of carbonyl (C=O) groups is 2. The van der Waals surface area contributed by atoms with Crippen molar-refractivity contribution in [2.45, 2.75) is 52.7 Å². The molecule has 0 aliphatic heterocycles.